The van der Waals surface area contributed by atoms with Gasteiger partial charge in [-0.2, -0.15) is 52.7 Å². The molecule has 0 aromatic heterocycles. The van der Waals surface area contributed by atoms with Crippen LogP contribution in [0, 0.1) is 58.5 Å². The fraction of sp³-hybridized carbons (Fsp3) is 0.256. The summed E-state index contributed by atoms with van der Waals surface area (Å²) in [7, 11) is -4.31. The molecule has 0 spiro atoms. The molecule has 1 atom stereocenters. The lowest BCUT2D eigenvalue weighted by atomic mass is 10.0. The smallest absolute Gasteiger partial charge is 0.166 e. The minimum absolute atomic E-state index is 0.0358. The zero-order valence-corrected chi connectivity index (χ0v) is 30.5. The van der Waals surface area contributed by atoms with Gasteiger partial charge < -0.3 is 0 Å². The van der Waals surface area contributed by atoms with Crippen molar-refractivity contribution in [3.8, 4) is 0 Å². The molecule has 4 aromatic carbocycles. The van der Waals surface area contributed by atoms with E-state index < -0.39 is 79.1 Å². The topological polar surface area (TPSA) is 0 Å². The predicted molar refractivity (Wildman–Crippen MR) is 186 cm³/mol. The minimum Gasteiger partial charge on any atom is -0.166 e. The van der Waals surface area contributed by atoms with Crippen molar-refractivity contribution in [3.05, 3.63) is 148 Å². The molecule has 0 aliphatic heterocycles. The zero-order valence-electron chi connectivity index (χ0n) is 28.7. The zero-order chi connectivity index (χ0) is 39.4. The van der Waals surface area contributed by atoms with E-state index in [1.54, 1.807) is 13.3 Å². The van der Waals surface area contributed by atoms with E-state index in [4.69, 9.17) is 0 Å². The average molecular weight is 790 g/mol. The molecule has 1 unspecified atom stereocenters. The molecule has 5 radical (unpaired) electrons. The Balaban J connectivity index is 1.80. The van der Waals surface area contributed by atoms with E-state index in [2.05, 4.69) is 0 Å². The SMILES string of the molecule is Cc1cc(C)cc(P(c2cc(C)cc(C)c2)C(C)[C]2[CH][CH][CH][C]2P(c2cc(C(F)(F)F)cc(C(F)(F)F)c2)c2cc(C(F)(F)F)cc(C(F)(F)F)c2)c1. The van der Waals surface area contributed by atoms with Crippen LogP contribution in [0.3, 0.4) is 0 Å². The number of benzene rings is 4. The molecule has 1 saturated carbocycles. The monoisotopic (exact) mass is 789 g/mol. The minimum atomic E-state index is -5.33. The van der Waals surface area contributed by atoms with Crippen LogP contribution in [0.1, 0.15) is 51.4 Å². The van der Waals surface area contributed by atoms with E-state index in [0.29, 0.717) is 30.2 Å². The summed E-state index contributed by atoms with van der Waals surface area (Å²) in [5.74, 6) is 0.373. The van der Waals surface area contributed by atoms with Gasteiger partial charge in [0.05, 0.1) is 22.3 Å². The maximum Gasteiger partial charge on any atom is 0.416 e. The van der Waals surface area contributed by atoms with Gasteiger partial charge in [-0.3, -0.25) is 0 Å². The average Bonchev–Trinajstić information content (AvgIpc) is 3.48. The van der Waals surface area contributed by atoms with Crippen LogP contribution in [0.15, 0.2) is 72.8 Å². The molecule has 281 valence electrons. The summed E-state index contributed by atoms with van der Waals surface area (Å²) >= 11 is 0. The number of hydrogen-bond donors (Lipinski definition) is 0. The van der Waals surface area contributed by atoms with Crippen molar-refractivity contribution >= 4 is 37.1 Å². The van der Waals surface area contributed by atoms with Gasteiger partial charge in [-0.25, -0.2) is 0 Å². The molecular formula is C39H31F12P2. The molecule has 0 amide bonds. The van der Waals surface area contributed by atoms with Gasteiger partial charge in [0, 0.05) is 5.66 Å². The first-order valence-corrected chi connectivity index (χ1v) is 18.7. The van der Waals surface area contributed by atoms with Gasteiger partial charge in [-0.1, -0.05) is 65.6 Å². The van der Waals surface area contributed by atoms with Gasteiger partial charge in [0.15, 0.2) is 0 Å². The lowest BCUT2D eigenvalue weighted by molar-refractivity contribution is -0.144. The molecule has 0 saturated heterocycles. The van der Waals surface area contributed by atoms with Crippen LogP contribution >= 0.6 is 15.8 Å². The number of halogens is 12. The molecular weight excluding hydrogens is 758 g/mol. The lowest BCUT2D eigenvalue weighted by Crippen LogP contribution is -2.30. The number of hydrogen-bond acceptors (Lipinski definition) is 0. The Kier molecular flexibility index (Phi) is 11.5. The first kappa shape index (κ1) is 41.1. The summed E-state index contributed by atoms with van der Waals surface area (Å²) in [6.45, 7) is 9.36. The normalized spacial score (nSPS) is 15.9. The second-order valence-corrected chi connectivity index (χ2v) is 17.7. The highest BCUT2D eigenvalue weighted by atomic mass is 31.1. The highest BCUT2D eigenvalue weighted by Gasteiger charge is 2.46. The van der Waals surface area contributed by atoms with Gasteiger partial charge >= 0.3 is 24.7 Å². The van der Waals surface area contributed by atoms with Crippen LogP contribution < -0.4 is 21.2 Å². The first-order valence-electron chi connectivity index (χ1n) is 15.9. The highest BCUT2D eigenvalue weighted by Crippen LogP contribution is 2.62. The molecule has 0 N–H and O–H groups in total. The molecule has 4 aromatic rings. The Morgan fingerprint density at radius 1 is 0.415 bits per heavy atom. The number of aryl methyl sites for hydroxylation is 4. The quantitative estimate of drug-likeness (QED) is 0.129. The molecule has 14 heteroatoms. The third-order valence-electron chi connectivity index (χ3n) is 8.53. The maximum atomic E-state index is 14.1. The second kappa shape index (κ2) is 14.9. The van der Waals surface area contributed by atoms with E-state index in [1.807, 2.05) is 64.1 Å². The molecule has 0 heterocycles. The fourth-order valence-corrected chi connectivity index (χ4v) is 12.3. The first-order chi connectivity index (χ1) is 24.3. The number of rotatable bonds is 7. The van der Waals surface area contributed by atoms with Gasteiger partial charge in [-0.15, -0.1) is 0 Å². The van der Waals surface area contributed by atoms with Crippen LogP contribution in [-0.4, -0.2) is 5.66 Å². The Bertz CT molecular complexity index is 1720. The summed E-state index contributed by atoms with van der Waals surface area (Å²) in [6.07, 6.45) is -16.9. The summed E-state index contributed by atoms with van der Waals surface area (Å²) in [4.78, 5) is 0. The van der Waals surface area contributed by atoms with Crippen molar-refractivity contribution in [2.75, 3.05) is 0 Å². The van der Waals surface area contributed by atoms with Crippen molar-refractivity contribution < 1.29 is 52.7 Å². The molecule has 1 aliphatic rings. The van der Waals surface area contributed by atoms with Crippen molar-refractivity contribution in [2.45, 2.75) is 65.0 Å². The van der Waals surface area contributed by atoms with E-state index in [-0.39, 0.29) is 17.8 Å². The highest BCUT2D eigenvalue weighted by molar-refractivity contribution is 7.76. The van der Waals surface area contributed by atoms with Crippen LogP contribution in [0.5, 0.6) is 0 Å². The van der Waals surface area contributed by atoms with Gasteiger partial charge in [-0.05, 0) is 132 Å². The van der Waals surface area contributed by atoms with Gasteiger partial charge in [0.1, 0.15) is 0 Å². The van der Waals surface area contributed by atoms with E-state index >= 15 is 0 Å². The standard InChI is InChI=1S/C39H31F12P2/c1-21-9-22(2)12-30(11-21)52(31-13-23(3)10-24(4)14-31)25(5)34-7-6-8-35(34)53(32-17-26(36(40,41)42)15-27(18-32)37(43,44)45)33-19-28(38(46,47)48)16-29(20-33)39(49,50)51/h6-20,25H,1-5H3. The van der Waals surface area contributed by atoms with Crippen molar-refractivity contribution in [1.29, 1.82) is 0 Å². The molecule has 53 heavy (non-hydrogen) atoms. The summed E-state index contributed by atoms with van der Waals surface area (Å²) in [5.41, 5.74) is -3.83. The molecule has 0 nitrogen and oxygen atoms in total. The van der Waals surface area contributed by atoms with Gasteiger partial charge in [0.25, 0.3) is 0 Å². The van der Waals surface area contributed by atoms with Gasteiger partial charge in [0.2, 0.25) is 0 Å². The largest absolute Gasteiger partial charge is 0.416 e. The Morgan fingerprint density at radius 3 is 1.04 bits per heavy atom. The van der Waals surface area contributed by atoms with Crippen LogP contribution in [0.25, 0.3) is 0 Å². The maximum absolute atomic E-state index is 14.1. The molecule has 0 bridgehead atoms. The Morgan fingerprint density at radius 2 is 0.736 bits per heavy atom. The van der Waals surface area contributed by atoms with E-state index in [1.165, 1.54) is 12.8 Å². The van der Waals surface area contributed by atoms with Crippen LogP contribution in [-0.2, 0) is 24.7 Å². The number of alkyl halides is 12. The molecule has 1 fully saturated rings. The Labute approximate surface area is 302 Å². The summed E-state index contributed by atoms with van der Waals surface area (Å²) < 4.78 is 170. The van der Waals surface area contributed by atoms with Crippen molar-refractivity contribution in [1.82, 2.24) is 0 Å². The summed E-state index contributed by atoms with van der Waals surface area (Å²) in [5, 5.41) is 0.333. The summed E-state index contributed by atoms with van der Waals surface area (Å²) in [6, 6.07) is 13.0. The van der Waals surface area contributed by atoms with E-state index in [0.717, 1.165) is 32.9 Å². The third-order valence-corrected chi connectivity index (χ3v) is 13.7. The third kappa shape index (κ3) is 9.41. The van der Waals surface area contributed by atoms with E-state index in [9.17, 15) is 52.7 Å². The van der Waals surface area contributed by atoms with Crippen LogP contribution in [0.4, 0.5) is 52.7 Å². The van der Waals surface area contributed by atoms with Crippen LogP contribution in [0.2, 0.25) is 0 Å². The second-order valence-electron chi connectivity index (χ2n) is 13.0. The lowest BCUT2D eigenvalue weighted by Gasteiger charge is -2.37. The van der Waals surface area contributed by atoms with Crippen molar-refractivity contribution in [2.24, 2.45) is 0 Å². The Hall–Kier alpha value is -3.10. The predicted octanol–water partition coefficient (Wildman–Crippen LogP) is 11.7. The van der Waals surface area contributed by atoms with Crippen molar-refractivity contribution in [3.63, 3.8) is 0 Å². The fourth-order valence-electron chi connectivity index (χ4n) is 6.46. The molecule has 5 rings (SSSR count). The molecule has 1 aliphatic carbocycles.